The number of piperazine rings is 1. The van der Waals surface area contributed by atoms with Gasteiger partial charge in [0.05, 0.1) is 14.2 Å². The Morgan fingerprint density at radius 1 is 1.05 bits per heavy atom. The van der Waals surface area contributed by atoms with Crippen molar-refractivity contribution in [2.45, 2.75) is 20.4 Å². The molecule has 5 heteroatoms. The van der Waals surface area contributed by atoms with Crippen LogP contribution in [0.3, 0.4) is 0 Å². The monoisotopic (exact) mass is 342 g/mol. The van der Waals surface area contributed by atoms with Gasteiger partial charge in [-0.05, 0) is 19.4 Å². The molecule has 1 aromatic carbocycles. The van der Waals surface area contributed by atoms with Gasteiger partial charge in [0, 0.05) is 48.3 Å². The number of hydrogen-bond acceptors (Lipinski definition) is 4. The predicted molar refractivity (Wildman–Crippen MR) is 84.9 cm³/mol. The fourth-order valence-corrected chi connectivity index (χ4v) is 3.16. The van der Waals surface area contributed by atoms with Gasteiger partial charge in [-0.3, -0.25) is 4.90 Å². The summed E-state index contributed by atoms with van der Waals surface area (Å²) < 4.78 is 12.3. The van der Waals surface area contributed by atoms with Crippen LogP contribution in [0.25, 0.3) is 0 Å². The van der Waals surface area contributed by atoms with Crippen LogP contribution in [0.1, 0.15) is 16.7 Å². The summed E-state index contributed by atoms with van der Waals surface area (Å²) in [6.45, 7) is 9.30. The number of halogens is 1. The topological polar surface area (TPSA) is 33.7 Å². The Morgan fingerprint density at radius 2 is 1.65 bits per heavy atom. The van der Waals surface area contributed by atoms with Crippen molar-refractivity contribution in [1.29, 1.82) is 0 Å². The molecule has 4 nitrogen and oxygen atoms in total. The predicted octanol–water partition coefficient (Wildman–Crippen LogP) is 2.49. The molecule has 0 amide bonds. The Labute approximate surface area is 129 Å². The maximum Gasteiger partial charge on any atom is 0.165 e. The van der Waals surface area contributed by atoms with Crippen LogP contribution in [0.2, 0.25) is 0 Å². The molecule has 0 unspecified atom stereocenters. The highest BCUT2D eigenvalue weighted by Gasteiger charge is 2.22. The SMILES string of the molecule is COc1c(C)c(Br)c(C)c(CN2CCNCC2)c1OC. The second kappa shape index (κ2) is 6.78. The molecular weight excluding hydrogens is 320 g/mol. The highest BCUT2D eigenvalue weighted by molar-refractivity contribution is 9.10. The van der Waals surface area contributed by atoms with E-state index in [0.29, 0.717) is 0 Å². The van der Waals surface area contributed by atoms with E-state index in [1.807, 2.05) is 6.92 Å². The second-order valence-corrected chi connectivity index (χ2v) is 5.93. The Hall–Kier alpha value is -0.780. The van der Waals surface area contributed by atoms with E-state index < -0.39 is 0 Å². The zero-order valence-electron chi connectivity index (χ0n) is 12.7. The molecule has 0 atom stereocenters. The van der Waals surface area contributed by atoms with Crippen LogP contribution in [-0.4, -0.2) is 45.3 Å². The molecule has 1 fully saturated rings. The van der Waals surface area contributed by atoms with E-state index in [1.165, 1.54) is 11.1 Å². The lowest BCUT2D eigenvalue weighted by Gasteiger charge is -2.29. The van der Waals surface area contributed by atoms with Crippen molar-refractivity contribution in [3.8, 4) is 11.5 Å². The van der Waals surface area contributed by atoms with Gasteiger partial charge in [0.25, 0.3) is 0 Å². The number of methoxy groups -OCH3 is 2. The molecule has 1 saturated heterocycles. The first-order valence-electron chi connectivity index (χ1n) is 6.92. The normalized spacial score (nSPS) is 16.2. The number of nitrogens with zero attached hydrogens (tertiary/aromatic N) is 1. The number of rotatable bonds is 4. The van der Waals surface area contributed by atoms with Gasteiger partial charge in [0.2, 0.25) is 0 Å². The Kier molecular flexibility index (Phi) is 5.29. The lowest BCUT2D eigenvalue weighted by atomic mass is 10.0. The maximum absolute atomic E-state index is 5.64. The highest BCUT2D eigenvalue weighted by Crippen LogP contribution is 2.42. The molecule has 1 aliphatic rings. The lowest BCUT2D eigenvalue weighted by molar-refractivity contribution is 0.228. The van der Waals surface area contributed by atoms with E-state index in [9.17, 15) is 0 Å². The summed E-state index contributed by atoms with van der Waals surface area (Å²) in [4.78, 5) is 2.45. The lowest BCUT2D eigenvalue weighted by Crippen LogP contribution is -2.43. The molecule has 2 rings (SSSR count). The molecule has 0 aromatic heterocycles. The summed E-state index contributed by atoms with van der Waals surface area (Å²) in [5, 5.41) is 3.38. The van der Waals surface area contributed by atoms with Crippen molar-refractivity contribution in [1.82, 2.24) is 10.2 Å². The molecule has 0 radical (unpaired) electrons. The summed E-state index contributed by atoms with van der Waals surface area (Å²) in [5.74, 6) is 1.69. The first-order chi connectivity index (χ1) is 9.60. The molecular formula is C15H23BrN2O2. The van der Waals surface area contributed by atoms with Gasteiger partial charge in [-0.2, -0.15) is 0 Å². The summed E-state index contributed by atoms with van der Waals surface area (Å²) >= 11 is 3.68. The van der Waals surface area contributed by atoms with Crippen molar-refractivity contribution in [3.63, 3.8) is 0 Å². The summed E-state index contributed by atoms with van der Waals surface area (Å²) in [6, 6.07) is 0. The first-order valence-corrected chi connectivity index (χ1v) is 7.72. The van der Waals surface area contributed by atoms with Gasteiger partial charge in [-0.1, -0.05) is 15.9 Å². The zero-order chi connectivity index (χ0) is 14.7. The third-order valence-corrected chi connectivity index (χ3v) is 5.12. The van der Waals surface area contributed by atoms with E-state index in [1.54, 1.807) is 14.2 Å². The van der Waals surface area contributed by atoms with Gasteiger partial charge < -0.3 is 14.8 Å². The molecule has 20 heavy (non-hydrogen) atoms. The van der Waals surface area contributed by atoms with Crippen LogP contribution in [0, 0.1) is 13.8 Å². The third kappa shape index (κ3) is 2.95. The van der Waals surface area contributed by atoms with Crippen molar-refractivity contribution in [3.05, 3.63) is 21.2 Å². The minimum absolute atomic E-state index is 0.829. The molecule has 1 aliphatic heterocycles. The van der Waals surface area contributed by atoms with Crippen LogP contribution in [0.4, 0.5) is 0 Å². The van der Waals surface area contributed by atoms with Gasteiger partial charge >= 0.3 is 0 Å². The average molecular weight is 343 g/mol. The fourth-order valence-electron chi connectivity index (χ4n) is 2.74. The Morgan fingerprint density at radius 3 is 2.20 bits per heavy atom. The zero-order valence-corrected chi connectivity index (χ0v) is 14.3. The standard InChI is InChI=1S/C15H23BrN2O2/c1-10-12(9-18-7-5-17-6-8-18)15(20-4)14(19-3)11(2)13(10)16/h17H,5-9H2,1-4H3. The third-order valence-electron chi connectivity index (χ3n) is 3.93. The Bertz CT molecular complexity index is 485. The van der Waals surface area contributed by atoms with Crippen molar-refractivity contribution >= 4 is 15.9 Å². The van der Waals surface area contributed by atoms with Crippen LogP contribution < -0.4 is 14.8 Å². The van der Waals surface area contributed by atoms with Crippen molar-refractivity contribution < 1.29 is 9.47 Å². The van der Waals surface area contributed by atoms with E-state index in [0.717, 1.165) is 54.3 Å². The van der Waals surface area contributed by atoms with Gasteiger partial charge in [-0.25, -0.2) is 0 Å². The molecule has 0 spiro atoms. The van der Waals surface area contributed by atoms with E-state index in [4.69, 9.17) is 9.47 Å². The summed E-state index contributed by atoms with van der Waals surface area (Å²) in [6.07, 6.45) is 0. The molecule has 0 aliphatic carbocycles. The Balaban J connectivity index is 2.41. The van der Waals surface area contributed by atoms with E-state index in [2.05, 4.69) is 33.1 Å². The molecule has 0 saturated carbocycles. The molecule has 0 bridgehead atoms. The van der Waals surface area contributed by atoms with Gasteiger partial charge in [0.15, 0.2) is 11.5 Å². The average Bonchev–Trinajstić information content (AvgIpc) is 2.48. The minimum atomic E-state index is 0.829. The first kappa shape index (κ1) is 15.6. The summed E-state index contributed by atoms with van der Waals surface area (Å²) in [7, 11) is 3.41. The number of nitrogens with one attached hydrogen (secondary N) is 1. The number of benzene rings is 1. The van der Waals surface area contributed by atoms with Gasteiger partial charge in [0.1, 0.15) is 0 Å². The number of ether oxygens (including phenoxy) is 2. The van der Waals surface area contributed by atoms with E-state index in [-0.39, 0.29) is 0 Å². The minimum Gasteiger partial charge on any atom is -0.493 e. The second-order valence-electron chi connectivity index (χ2n) is 5.14. The van der Waals surface area contributed by atoms with Crippen LogP contribution >= 0.6 is 15.9 Å². The van der Waals surface area contributed by atoms with Crippen LogP contribution in [-0.2, 0) is 6.54 Å². The van der Waals surface area contributed by atoms with Crippen molar-refractivity contribution in [2.75, 3.05) is 40.4 Å². The molecule has 1 heterocycles. The van der Waals surface area contributed by atoms with Crippen LogP contribution in [0.15, 0.2) is 4.47 Å². The molecule has 1 N–H and O–H groups in total. The quantitative estimate of drug-likeness (QED) is 0.911. The molecule has 1 aromatic rings. The number of hydrogen-bond donors (Lipinski definition) is 1. The smallest absolute Gasteiger partial charge is 0.165 e. The maximum atomic E-state index is 5.64. The van der Waals surface area contributed by atoms with Crippen LogP contribution in [0.5, 0.6) is 11.5 Å². The fraction of sp³-hybridized carbons (Fsp3) is 0.600. The van der Waals surface area contributed by atoms with E-state index >= 15 is 0 Å². The highest BCUT2D eigenvalue weighted by atomic mass is 79.9. The van der Waals surface area contributed by atoms with Gasteiger partial charge in [-0.15, -0.1) is 0 Å². The molecule has 112 valence electrons. The largest absolute Gasteiger partial charge is 0.493 e. The van der Waals surface area contributed by atoms with Crippen molar-refractivity contribution in [2.24, 2.45) is 0 Å². The summed E-state index contributed by atoms with van der Waals surface area (Å²) in [5.41, 5.74) is 3.54.